The molecule has 0 fully saturated rings. The fourth-order valence-corrected chi connectivity index (χ4v) is 3.34. The van der Waals surface area contributed by atoms with Crippen molar-refractivity contribution >= 4 is 16.9 Å². The number of imidazole rings is 2. The molecule has 130 valence electrons. The maximum Gasteiger partial charge on any atom is 0.332 e. The second-order valence-corrected chi connectivity index (χ2v) is 6.15. The number of aromatic nitrogens is 5. The maximum atomic E-state index is 12.9. The molecule has 0 aliphatic heterocycles. The number of rotatable bonds is 3. The summed E-state index contributed by atoms with van der Waals surface area (Å²) in [5.41, 5.74) is 2.07. The molecule has 0 unspecified atom stereocenters. The van der Waals surface area contributed by atoms with E-state index in [4.69, 9.17) is 4.42 Å². The number of hydrogen-bond donors (Lipinski definition) is 0. The van der Waals surface area contributed by atoms with E-state index < -0.39 is 0 Å². The van der Waals surface area contributed by atoms with Gasteiger partial charge in [0.05, 0.1) is 12.8 Å². The van der Waals surface area contributed by atoms with Crippen LogP contribution in [0.5, 0.6) is 0 Å². The van der Waals surface area contributed by atoms with Gasteiger partial charge in [0.25, 0.3) is 5.56 Å². The van der Waals surface area contributed by atoms with Crippen LogP contribution in [-0.4, -0.2) is 23.1 Å². The Bertz CT molecular complexity index is 1220. The standard InChI is InChI=1S/C17H19N5O3/c1-5-20-15(23)13-14(19(4)17(20)24)18-16-21(9-12-7-6-8-25-12)10(2)11(3)22(13)16/h6-8H,5,9H2,1-4H3. The molecular weight excluding hydrogens is 322 g/mol. The van der Waals surface area contributed by atoms with Crippen molar-refractivity contribution in [3.8, 4) is 0 Å². The minimum Gasteiger partial charge on any atom is -0.467 e. The highest BCUT2D eigenvalue weighted by Crippen LogP contribution is 2.21. The molecule has 8 heteroatoms. The quantitative estimate of drug-likeness (QED) is 0.565. The lowest BCUT2D eigenvalue weighted by atomic mass is 10.3. The van der Waals surface area contributed by atoms with E-state index in [0.717, 1.165) is 17.1 Å². The van der Waals surface area contributed by atoms with Crippen molar-refractivity contribution in [2.75, 3.05) is 0 Å². The molecule has 25 heavy (non-hydrogen) atoms. The Morgan fingerprint density at radius 2 is 1.92 bits per heavy atom. The van der Waals surface area contributed by atoms with E-state index in [1.54, 1.807) is 20.2 Å². The Labute approximate surface area is 142 Å². The number of aryl methyl sites for hydroxylation is 2. The van der Waals surface area contributed by atoms with Crippen LogP contribution in [0.4, 0.5) is 0 Å². The molecule has 0 spiro atoms. The van der Waals surface area contributed by atoms with Crippen LogP contribution < -0.4 is 11.2 Å². The molecule has 4 aromatic heterocycles. The summed E-state index contributed by atoms with van der Waals surface area (Å²) in [6.07, 6.45) is 1.63. The zero-order valence-corrected chi connectivity index (χ0v) is 14.6. The summed E-state index contributed by atoms with van der Waals surface area (Å²) in [4.78, 5) is 29.8. The van der Waals surface area contributed by atoms with Crippen LogP contribution in [-0.2, 0) is 20.1 Å². The molecule has 0 bridgehead atoms. The number of nitrogens with zero attached hydrogens (tertiary/aromatic N) is 5. The van der Waals surface area contributed by atoms with E-state index in [0.29, 0.717) is 30.0 Å². The first-order valence-electron chi connectivity index (χ1n) is 8.15. The van der Waals surface area contributed by atoms with Gasteiger partial charge in [-0.05, 0) is 32.9 Å². The largest absolute Gasteiger partial charge is 0.467 e. The lowest BCUT2D eigenvalue weighted by Crippen LogP contribution is -2.38. The summed E-state index contributed by atoms with van der Waals surface area (Å²) in [6.45, 7) is 6.55. The summed E-state index contributed by atoms with van der Waals surface area (Å²) in [6, 6.07) is 3.73. The van der Waals surface area contributed by atoms with Crippen LogP contribution >= 0.6 is 0 Å². The predicted molar refractivity (Wildman–Crippen MR) is 93.1 cm³/mol. The van der Waals surface area contributed by atoms with Crippen molar-refractivity contribution in [3.05, 3.63) is 56.4 Å². The van der Waals surface area contributed by atoms with Gasteiger partial charge in [-0.25, -0.2) is 4.79 Å². The van der Waals surface area contributed by atoms with Gasteiger partial charge in [-0.15, -0.1) is 0 Å². The Kier molecular flexibility index (Phi) is 3.24. The van der Waals surface area contributed by atoms with E-state index in [1.165, 1.54) is 9.13 Å². The third-order valence-electron chi connectivity index (χ3n) is 4.84. The van der Waals surface area contributed by atoms with Gasteiger partial charge in [-0.1, -0.05) is 0 Å². The number of furan rings is 1. The van der Waals surface area contributed by atoms with Crippen LogP contribution in [0.15, 0.2) is 32.4 Å². The zero-order valence-electron chi connectivity index (χ0n) is 14.6. The SMILES string of the molecule is CCn1c(=O)c2c(nc3n(Cc4ccco4)c(C)c(C)n23)n(C)c1=O. The molecule has 0 radical (unpaired) electrons. The summed E-state index contributed by atoms with van der Waals surface area (Å²) in [5, 5.41) is 0. The van der Waals surface area contributed by atoms with Crippen LogP contribution in [0.1, 0.15) is 24.1 Å². The van der Waals surface area contributed by atoms with Gasteiger partial charge in [0, 0.05) is 25.0 Å². The molecule has 8 nitrogen and oxygen atoms in total. The first kappa shape index (κ1) is 15.5. The van der Waals surface area contributed by atoms with Crippen LogP contribution in [0.2, 0.25) is 0 Å². The van der Waals surface area contributed by atoms with Crippen LogP contribution in [0, 0.1) is 13.8 Å². The van der Waals surface area contributed by atoms with E-state index in [9.17, 15) is 9.59 Å². The van der Waals surface area contributed by atoms with Gasteiger partial charge < -0.3 is 8.98 Å². The Morgan fingerprint density at radius 3 is 2.56 bits per heavy atom. The average Bonchev–Trinajstić information content (AvgIpc) is 3.28. The normalized spacial score (nSPS) is 11.8. The highest BCUT2D eigenvalue weighted by atomic mass is 16.3. The molecule has 0 atom stereocenters. The van der Waals surface area contributed by atoms with Gasteiger partial charge in [0.2, 0.25) is 5.78 Å². The summed E-state index contributed by atoms with van der Waals surface area (Å²) in [7, 11) is 1.64. The summed E-state index contributed by atoms with van der Waals surface area (Å²) >= 11 is 0. The van der Waals surface area contributed by atoms with E-state index in [2.05, 4.69) is 4.98 Å². The van der Waals surface area contributed by atoms with Gasteiger partial charge in [0.15, 0.2) is 11.2 Å². The van der Waals surface area contributed by atoms with Crippen molar-refractivity contribution in [3.63, 3.8) is 0 Å². The molecule has 0 amide bonds. The van der Waals surface area contributed by atoms with Gasteiger partial charge in [-0.2, -0.15) is 4.98 Å². The maximum absolute atomic E-state index is 12.9. The van der Waals surface area contributed by atoms with Crippen molar-refractivity contribution in [2.45, 2.75) is 33.9 Å². The number of fused-ring (bicyclic) bond motifs is 3. The fourth-order valence-electron chi connectivity index (χ4n) is 3.34. The van der Waals surface area contributed by atoms with Gasteiger partial charge in [-0.3, -0.25) is 18.3 Å². The van der Waals surface area contributed by atoms with Crippen LogP contribution in [0.25, 0.3) is 16.9 Å². The first-order chi connectivity index (χ1) is 12.0. The third-order valence-corrected chi connectivity index (χ3v) is 4.84. The fraction of sp³-hybridized carbons (Fsp3) is 0.353. The van der Waals surface area contributed by atoms with E-state index in [1.807, 2.05) is 34.9 Å². The second-order valence-electron chi connectivity index (χ2n) is 6.15. The Morgan fingerprint density at radius 1 is 1.16 bits per heavy atom. The average molecular weight is 341 g/mol. The molecule has 0 aromatic carbocycles. The zero-order chi connectivity index (χ0) is 17.9. The van der Waals surface area contributed by atoms with Crippen molar-refractivity contribution in [1.29, 1.82) is 0 Å². The lowest BCUT2D eigenvalue weighted by Gasteiger charge is -2.06. The van der Waals surface area contributed by atoms with Crippen molar-refractivity contribution in [1.82, 2.24) is 23.1 Å². The number of hydrogen-bond acceptors (Lipinski definition) is 4. The Hall–Kier alpha value is -3.03. The molecular formula is C17H19N5O3. The second kappa shape index (κ2) is 5.23. The third kappa shape index (κ3) is 1.97. The van der Waals surface area contributed by atoms with Crippen LogP contribution in [0.3, 0.4) is 0 Å². The molecule has 0 saturated carbocycles. The molecule has 4 heterocycles. The summed E-state index contributed by atoms with van der Waals surface area (Å²) in [5.74, 6) is 1.43. The molecule has 0 N–H and O–H groups in total. The van der Waals surface area contributed by atoms with Crippen molar-refractivity contribution in [2.24, 2.45) is 7.05 Å². The molecule has 0 aliphatic carbocycles. The molecule has 0 saturated heterocycles. The smallest absolute Gasteiger partial charge is 0.332 e. The predicted octanol–water partition coefficient (Wildman–Crippen LogP) is 1.43. The highest BCUT2D eigenvalue weighted by molar-refractivity contribution is 5.76. The minimum atomic E-state index is -0.354. The monoisotopic (exact) mass is 341 g/mol. The van der Waals surface area contributed by atoms with E-state index in [-0.39, 0.29) is 11.2 Å². The topological polar surface area (TPSA) is 79.4 Å². The molecule has 4 aromatic rings. The minimum absolute atomic E-state index is 0.314. The van der Waals surface area contributed by atoms with E-state index >= 15 is 0 Å². The lowest BCUT2D eigenvalue weighted by molar-refractivity contribution is 0.494. The molecule has 0 aliphatic rings. The van der Waals surface area contributed by atoms with Crippen molar-refractivity contribution < 1.29 is 4.42 Å². The molecule has 4 rings (SSSR count). The summed E-state index contributed by atoms with van der Waals surface area (Å²) < 4.78 is 11.9. The Balaban J connectivity index is 2.15. The van der Waals surface area contributed by atoms with Gasteiger partial charge in [0.1, 0.15) is 5.76 Å². The first-order valence-corrected chi connectivity index (χ1v) is 8.15. The van der Waals surface area contributed by atoms with Gasteiger partial charge >= 0.3 is 5.69 Å². The highest BCUT2D eigenvalue weighted by Gasteiger charge is 2.22.